The molecule has 5 heteroatoms. The highest BCUT2D eigenvalue weighted by Crippen LogP contribution is 2.18. The number of rotatable bonds is 2. The van der Waals surface area contributed by atoms with Crippen molar-refractivity contribution in [3.05, 3.63) is 23.4 Å². The normalized spacial score (nSPS) is 19.2. The molecule has 5 nitrogen and oxygen atoms in total. The van der Waals surface area contributed by atoms with E-state index in [-0.39, 0.29) is 11.9 Å². The fraction of sp³-hybridized carbons (Fsp3) is 0.417. The first kappa shape index (κ1) is 11.4. The Morgan fingerprint density at radius 2 is 2.35 bits per heavy atom. The number of carbonyl (C=O) groups excluding carboxylic acids is 1. The highest BCUT2D eigenvalue weighted by Gasteiger charge is 2.29. The summed E-state index contributed by atoms with van der Waals surface area (Å²) in [6.45, 7) is 2.60. The van der Waals surface area contributed by atoms with Crippen LogP contribution in [-0.4, -0.2) is 35.4 Å². The lowest BCUT2D eigenvalue weighted by Gasteiger charge is -2.13. The van der Waals surface area contributed by atoms with Crippen LogP contribution >= 0.6 is 0 Å². The molecule has 1 aliphatic rings. The van der Waals surface area contributed by atoms with Crippen molar-refractivity contribution in [3.63, 3.8) is 0 Å². The summed E-state index contributed by atoms with van der Waals surface area (Å²) in [7, 11) is 1.78. The zero-order chi connectivity index (χ0) is 12.4. The molecule has 1 fully saturated rings. The second kappa shape index (κ2) is 4.42. The molecule has 1 unspecified atom stereocenters. The Balaban J connectivity index is 2.22. The van der Waals surface area contributed by atoms with Crippen molar-refractivity contribution < 1.29 is 4.79 Å². The third-order valence-electron chi connectivity index (χ3n) is 2.89. The molecule has 0 aliphatic carbocycles. The first-order chi connectivity index (χ1) is 8.11. The van der Waals surface area contributed by atoms with Crippen LogP contribution in [0.1, 0.15) is 17.7 Å². The van der Waals surface area contributed by atoms with Gasteiger partial charge in [-0.3, -0.25) is 4.79 Å². The third kappa shape index (κ3) is 2.21. The van der Waals surface area contributed by atoms with Gasteiger partial charge in [0.25, 0.3) is 0 Å². The van der Waals surface area contributed by atoms with E-state index < -0.39 is 0 Å². The molecule has 1 aromatic heterocycles. The molecule has 0 aromatic carbocycles. The van der Waals surface area contributed by atoms with Crippen LogP contribution in [0.3, 0.4) is 0 Å². The van der Waals surface area contributed by atoms with Crippen molar-refractivity contribution in [1.29, 1.82) is 5.26 Å². The van der Waals surface area contributed by atoms with Crippen LogP contribution in [0.5, 0.6) is 0 Å². The number of pyridine rings is 1. The fourth-order valence-electron chi connectivity index (χ4n) is 1.88. The number of likely N-dealkylation sites (tertiary alicyclic amines) is 1. The van der Waals surface area contributed by atoms with E-state index in [0.29, 0.717) is 11.4 Å². The molecule has 1 atom stereocenters. The smallest absolute Gasteiger partial charge is 0.244 e. The fourth-order valence-corrected chi connectivity index (χ4v) is 1.88. The van der Waals surface area contributed by atoms with Crippen molar-refractivity contribution in [2.24, 2.45) is 0 Å². The lowest BCUT2D eigenvalue weighted by atomic mass is 10.2. The molecule has 1 saturated heterocycles. The number of likely N-dealkylation sites (N-methyl/N-ethyl adjacent to an activating group) is 1. The van der Waals surface area contributed by atoms with Gasteiger partial charge in [-0.15, -0.1) is 0 Å². The number of aromatic nitrogens is 1. The lowest BCUT2D eigenvalue weighted by Crippen LogP contribution is -2.31. The predicted molar refractivity (Wildman–Crippen MR) is 63.4 cm³/mol. The first-order valence-electron chi connectivity index (χ1n) is 5.51. The van der Waals surface area contributed by atoms with Gasteiger partial charge in [0.2, 0.25) is 5.91 Å². The van der Waals surface area contributed by atoms with Gasteiger partial charge in [0.15, 0.2) is 0 Å². The van der Waals surface area contributed by atoms with E-state index in [2.05, 4.69) is 16.4 Å². The van der Waals surface area contributed by atoms with Crippen LogP contribution < -0.4 is 5.32 Å². The Hall–Kier alpha value is -2.09. The van der Waals surface area contributed by atoms with Crippen LogP contribution in [0.4, 0.5) is 5.82 Å². The molecule has 1 N–H and O–H groups in total. The van der Waals surface area contributed by atoms with E-state index in [1.54, 1.807) is 24.1 Å². The molecule has 0 bridgehead atoms. The van der Waals surface area contributed by atoms with Gasteiger partial charge in [0.05, 0.1) is 5.56 Å². The first-order valence-corrected chi connectivity index (χ1v) is 5.51. The number of nitrogens with one attached hydrogen (secondary N) is 1. The molecule has 17 heavy (non-hydrogen) atoms. The molecule has 1 aromatic rings. The van der Waals surface area contributed by atoms with E-state index in [0.717, 1.165) is 18.7 Å². The molecule has 2 heterocycles. The van der Waals surface area contributed by atoms with Gasteiger partial charge in [-0.25, -0.2) is 4.98 Å². The van der Waals surface area contributed by atoms with E-state index in [9.17, 15) is 4.79 Å². The monoisotopic (exact) mass is 230 g/mol. The Morgan fingerprint density at radius 3 is 2.94 bits per heavy atom. The van der Waals surface area contributed by atoms with Crippen molar-refractivity contribution in [1.82, 2.24) is 9.88 Å². The summed E-state index contributed by atoms with van der Waals surface area (Å²) in [6.07, 6.45) is 0.746. The summed E-state index contributed by atoms with van der Waals surface area (Å²) in [5.41, 5.74) is 1.29. The maximum absolute atomic E-state index is 11.7. The Labute approximate surface area is 100 Å². The number of nitriles is 1. The molecule has 2 rings (SSSR count). The van der Waals surface area contributed by atoms with Crippen LogP contribution in [-0.2, 0) is 4.79 Å². The Bertz CT molecular complexity index is 492. The van der Waals surface area contributed by atoms with Gasteiger partial charge in [-0.05, 0) is 25.5 Å². The minimum Gasteiger partial charge on any atom is -0.357 e. The van der Waals surface area contributed by atoms with Gasteiger partial charge in [-0.1, -0.05) is 0 Å². The van der Waals surface area contributed by atoms with Crippen LogP contribution in [0.2, 0.25) is 0 Å². The average molecular weight is 230 g/mol. The van der Waals surface area contributed by atoms with Gasteiger partial charge in [-0.2, -0.15) is 5.26 Å². The largest absolute Gasteiger partial charge is 0.357 e. The van der Waals surface area contributed by atoms with E-state index in [1.165, 1.54) is 0 Å². The molecular formula is C12H14N4O. The lowest BCUT2D eigenvalue weighted by molar-refractivity contribution is -0.127. The number of nitrogens with zero attached hydrogens (tertiary/aromatic N) is 3. The Kier molecular flexibility index (Phi) is 2.96. The van der Waals surface area contributed by atoms with Gasteiger partial charge >= 0.3 is 0 Å². The minimum atomic E-state index is -0.263. The van der Waals surface area contributed by atoms with Crippen LogP contribution in [0.15, 0.2) is 12.1 Å². The SMILES string of the molecule is Cc1ccc(C#N)c(NC2CCN(C)C2=O)n1. The van der Waals surface area contributed by atoms with Crippen LogP contribution in [0, 0.1) is 18.3 Å². The summed E-state index contributed by atoms with van der Waals surface area (Å²) in [5.74, 6) is 0.554. The second-order valence-corrected chi connectivity index (χ2v) is 4.21. The zero-order valence-electron chi connectivity index (χ0n) is 9.90. The van der Waals surface area contributed by atoms with Crippen molar-refractivity contribution in [2.75, 3.05) is 18.9 Å². The average Bonchev–Trinajstić information content (AvgIpc) is 2.61. The highest BCUT2D eigenvalue weighted by molar-refractivity contribution is 5.86. The maximum Gasteiger partial charge on any atom is 0.244 e. The quantitative estimate of drug-likeness (QED) is 0.819. The van der Waals surface area contributed by atoms with Crippen LogP contribution in [0.25, 0.3) is 0 Å². The second-order valence-electron chi connectivity index (χ2n) is 4.21. The molecule has 0 saturated carbocycles. The van der Waals surface area contributed by atoms with Crippen molar-refractivity contribution in [2.45, 2.75) is 19.4 Å². The van der Waals surface area contributed by atoms with Gasteiger partial charge < -0.3 is 10.2 Å². The summed E-state index contributed by atoms with van der Waals surface area (Å²) < 4.78 is 0. The number of amides is 1. The standard InChI is InChI=1S/C12H14N4O/c1-8-3-4-9(7-13)11(14-8)15-10-5-6-16(2)12(10)17/h3-4,10H,5-6H2,1-2H3,(H,14,15). The maximum atomic E-state index is 11.7. The highest BCUT2D eigenvalue weighted by atomic mass is 16.2. The van der Waals surface area contributed by atoms with Gasteiger partial charge in [0, 0.05) is 19.3 Å². The number of hydrogen-bond acceptors (Lipinski definition) is 4. The van der Waals surface area contributed by atoms with Gasteiger partial charge in [0.1, 0.15) is 17.9 Å². The number of aryl methyl sites for hydroxylation is 1. The van der Waals surface area contributed by atoms with Crippen molar-refractivity contribution in [3.8, 4) is 6.07 Å². The molecule has 0 radical (unpaired) electrons. The summed E-state index contributed by atoms with van der Waals surface area (Å²) >= 11 is 0. The van der Waals surface area contributed by atoms with Crippen molar-refractivity contribution >= 4 is 11.7 Å². The minimum absolute atomic E-state index is 0.0530. The molecule has 88 valence electrons. The topological polar surface area (TPSA) is 69.0 Å². The number of anilines is 1. The summed E-state index contributed by atoms with van der Waals surface area (Å²) in [6, 6.07) is 5.31. The third-order valence-corrected chi connectivity index (χ3v) is 2.89. The molecule has 1 aliphatic heterocycles. The zero-order valence-corrected chi connectivity index (χ0v) is 9.90. The molecule has 1 amide bonds. The van der Waals surface area contributed by atoms with E-state index in [4.69, 9.17) is 5.26 Å². The van der Waals surface area contributed by atoms with E-state index in [1.807, 2.05) is 6.92 Å². The molecular weight excluding hydrogens is 216 g/mol. The summed E-state index contributed by atoms with van der Waals surface area (Å²) in [5, 5.41) is 12.0. The van der Waals surface area contributed by atoms with E-state index >= 15 is 0 Å². The predicted octanol–water partition coefficient (Wildman–Crippen LogP) is 0.904. The number of hydrogen-bond donors (Lipinski definition) is 1. The number of carbonyl (C=O) groups is 1. The molecule has 0 spiro atoms. The summed E-state index contributed by atoms with van der Waals surface area (Å²) in [4.78, 5) is 17.7. The Morgan fingerprint density at radius 1 is 1.59 bits per heavy atom.